The maximum Gasteiger partial charge on any atom is 0.255 e. The molecule has 1 N–H and O–H groups in total. The molecule has 1 fully saturated rings. The lowest BCUT2D eigenvalue weighted by Gasteiger charge is -2.34. The van der Waals surface area contributed by atoms with Crippen LogP contribution in [0.4, 0.5) is 0 Å². The van der Waals surface area contributed by atoms with Gasteiger partial charge in [0.2, 0.25) is 5.91 Å². The van der Waals surface area contributed by atoms with Gasteiger partial charge in [-0.2, -0.15) is 0 Å². The third-order valence-electron chi connectivity index (χ3n) is 5.03. The van der Waals surface area contributed by atoms with E-state index < -0.39 is 0 Å². The lowest BCUT2D eigenvalue weighted by Crippen LogP contribution is -2.50. The van der Waals surface area contributed by atoms with Gasteiger partial charge in [-0.05, 0) is 24.5 Å². The maximum absolute atomic E-state index is 12.7. The first-order chi connectivity index (χ1) is 14.0. The number of pyridine rings is 1. The predicted molar refractivity (Wildman–Crippen MR) is 109 cm³/mol. The van der Waals surface area contributed by atoms with Crippen molar-refractivity contribution in [1.29, 1.82) is 0 Å². The van der Waals surface area contributed by atoms with E-state index in [0.29, 0.717) is 43.9 Å². The molecular formula is C22H26N4O3. The molecule has 3 rings (SSSR count). The number of rotatable bonds is 6. The number of nitrogens with zero attached hydrogens (tertiary/aromatic N) is 3. The van der Waals surface area contributed by atoms with Crippen LogP contribution in [0.15, 0.2) is 48.8 Å². The van der Waals surface area contributed by atoms with Crippen molar-refractivity contribution in [1.82, 2.24) is 20.1 Å². The van der Waals surface area contributed by atoms with Crippen molar-refractivity contribution in [3.05, 3.63) is 65.5 Å². The Labute approximate surface area is 170 Å². The Hall–Kier alpha value is -3.22. The largest absolute Gasteiger partial charge is 0.352 e. The normalized spacial score (nSPS) is 13.8. The predicted octanol–water partition coefficient (Wildman–Crippen LogP) is 1.75. The molecule has 1 aromatic heterocycles. The fourth-order valence-electron chi connectivity index (χ4n) is 3.33. The standard InChI is InChI=1S/C22H26N4O3/c1-17(27)25-10-12-26(13-11-25)22(29)20-14-19(15-23-16-20)21(28)24-9-5-8-18-6-3-2-4-7-18/h2-4,6-7,14-16H,5,8-13H2,1H3,(H,24,28). The fourth-order valence-corrected chi connectivity index (χ4v) is 3.33. The Bertz CT molecular complexity index is 861. The molecule has 0 spiro atoms. The van der Waals surface area contributed by atoms with Gasteiger partial charge in [0.15, 0.2) is 0 Å². The van der Waals surface area contributed by atoms with Crippen molar-refractivity contribution in [2.24, 2.45) is 0 Å². The minimum atomic E-state index is -0.235. The molecule has 1 aromatic carbocycles. The van der Waals surface area contributed by atoms with E-state index >= 15 is 0 Å². The highest BCUT2D eigenvalue weighted by Gasteiger charge is 2.24. The number of hydrogen-bond donors (Lipinski definition) is 1. The van der Waals surface area contributed by atoms with Gasteiger partial charge in [0.1, 0.15) is 0 Å². The van der Waals surface area contributed by atoms with E-state index in [-0.39, 0.29) is 17.7 Å². The Kier molecular flexibility index (Phi) is 6.94. The molecule has 1 aliphatic heterocycles. The Balaban J connectivity index is 1.51. The molecule has 0 saturated carbocycles. The number of amides is 3. The van der Waals surface area contributed by atoms with Crippen LogP contribution in [-0.2, 0) is 11.2 Å². The van der Waals surface area contributed by atoms with Crippen molar-refractivity contribution in [3.63, 3.8) is 0 Å². The molecule has 152 valence electrons. The average Bonchev–Trinajstić information content (AvgIpc) is 2.77. The second kappa shape index (κ2) is 9.82. The van der Waals surface area contributed by atoms with E-state index in [9.17, 15) is 14.4 Å². The number of carbonyl (C=O) groups is 3. The zero-order valence-corrected chi connectivity index (χ0v) is 16.6. The van der Waals surface area contributed by atoms with Gasteiger partial charge in [-0.3, -0.25) is 19.4 Å². The summed E-state index contributed by atoms with van der Waals surface area (Å²) in [5, 5.41) is 2.89. The van der Waals surface area contributed by atoms with Crippen molar-refractivity contribution in [2.75, 3.05) is 32.7 Å². The van der Waals surface area contributed by atoms with Gasteiger partial charge in [0, 0.05) is 52.0 Å². The van der Waals surface area contributed by atoms with Gasteiger partial charge in [-0.1, -0.05) is 30.3 Å². The van der Waals surface area contributed by atoms with Crippen LogP contribution < -0.4 is 5.32 Å². The molecule has 1 saturated heterocycles. The molecule has 0 bridgehead atoms. The van der Waals surface area contributed by atoms with Crippen LogP contribution >= 0.6 is 0 Å². The summed E-state index contributed by atoms with van der Waals surface area (Å²) in [6.07, 6.45) is 4.68. The lowest BCUT2D eigenvalue weighted by molar-refractivity contribution is -0.130. The Morgan fingerprint density at radius 1 is 0.966 bits per heavy atom. The molecule has 29 heavy (non-hydrogen) atoms. The highest BCUT2D eigenvalue weighted by Crippen LogP contribution is 2.10. The first kappa shape index (κ1) is 20.5. The van der Waals surface area contributed by atoms with E-state index in [1.54, 1.807) is 15.9 Å². The van der Waals surface area contributed by atoms with Crippen LogP contribution in [0, 0.1) is 0 Å². The molecule has 7 heteroatoms. The number of carbonyl (C=O) groups excluding carboxylic acids is 3. The second-order valence-corrected chi connectivity index (χ2v) is 7.11. The Morgan fingerprint density at radius 2 is 1.62 bits per heavy atom. The van der Waals surface area contributed by atoms with Gasteiger partial charge in [0.25, 0.3) is 11.8 Å². The van der Waals surface area contributed by atoms with Crippen molar-refractivity contribution in [2.45, 2.75) is 19.8 Å². The van der Waals surface area contributed by atoms with Crippen LogP contribution in [0.25, 0.3) is 0 Å². The number of hydrogen-bond acceptors (Lipinski definition) is 4. The van der Waals surface area contributed by atoms with Gasteiger partial charge < -0.3 is 15.1 Å². The zero-order chi connectivity index (χ0) is 20.6. The molecule has 0 unspecified atom stereocenters. The molecule has 0 aliphatic carbocycles. The van der Waals surface area contributed by atoms with Crippen molar-refractivity contribution in [3.8, 4) is 0 Å². The number of nitrogens with one attached hydrogen (secondary N) is 1. The van der Waals surface area contributed by atoms with E-state index in [1.807, 2.05) is 18.2 Å². The third kappa shape index (κ3) is 5.63. The SMILES string of the molecule is CC(=O)N1CCN(C(=O)c2cncc(C(=O)NCCCc3ccccc3)c2)CC1. The summed E-state index contributed by atoms with van der Waals surface area (Å²) in [6.45, 7) is 4.09. The molecule has 2 heterocycles. The number of benzene rings is 1. The summed E-state index contributed by atoms with van der Waals surface area (Å²) in [5.41, 5.74) is 2.00. The fraction of sp³-hybridized carbons (Fsp3) is 0.364. The maximum atomic E-state index is 12.7. The van der Waals surface area contributed by atoms with Gasteiger partial charge >= 0.3 is 0 Å². The summed E-state index contributed by atoms with van der Waals surface area (Å²) in [7, 11) is 0. The van der Waals surface area contributed by atoms with Crippen LogP contribution in [0.1, 0.15) is 39.6 Å². The van der Waals surface area contributed by atoms with E-state index in [0.717, 1.165) is 12.8 Å². The highest BCUT2D eigenvalue weighted by molar-refractivity contribution is 5.99. The molecule has 7 nitrogen and oxygen atoms in total. The van der Waals surface area contributed by atoms with Gasteiger partial charge in [-0.25, -0.2) is 0 Å². The topological polar surface area (TPSA) is 82.6 Å². The summed E-state index contributed by atoms with van der Waals surface area (Å²) in [6, 6.07) is 11.7. The smallest absolute Gasteiger partial charge is 0.255 e. The second-order valence-electron chi connectivity index (χ2n) is 7.11. The van der Waals surface area contributed by atoms with Crippen molar-refractivity contribution >= 4 is 17.7 Å². The monoisotopic (exact) mass is 394 g/mol. The summed E-state index contributed by atoms with van der Waals surface area (Å²) in [4.78, 5) is 44.0. The van der Waals surface area contributed by atoms with Crippen molar-refractivity contribution < 1.29 is 14.4 Å². The minimum absolute atomic E-state index is 0.0182. The quantitative estimate of drug-likeness (QED) is 0.757. The first-order valence-electron chi connectivity index (χ1n) is 9.86. The summed E-state index contributed by atoms with van der Waals surface area (Å²) < 4.78 is 0. The minimum Gasteiger partial charge on any atom is -0.352 e. The molecule has 0 radical (unpaired) electrons. The van der Waals surface area contributed by atoms with Crippen LogP contribution in [0.2, 0.25) is 0 Å². The molecule has 1 aliphatic rings. The van der Waals surface area contributed by atoms with Gasteiger partial charge in [-0.15, -0.1) is 0 Å². The summed E-state index contributed by atoms with van der Waals surface area (Å²) >= 11 is 0. The first-order valence-corrected chi connectivity index (χ1v) is 9.86. The highest BCUT2D eigenvalue weighted by atomic mass is 16.2. The lowest BCUT2D eigenvalue weighted by atomic mass is 10.1. The van der Waals surface area contributed by atoms with Crippen LogP contribution in [0.3, 0.4) is 0 Å². The average molecular weight is 394 g/mol. The number of aromatic nitrogens is 1. The van der Waals surface area contributed by atoms with Gasteiger partial charge in [0.05, 0.1) is 11.1 Å². The van der Waals surface area contributed by atoms with Crippen LogP contribution in [-0.4, -0.2) is 65.2 Å². The number of piperazine rings is 1. The van der Waals surface area contributed by atoms with E-state index in [4.69, 9.17) is 0 Å². The van der Waals surface area contributed by atoms with Crippen LogP contribution in [0.5, 0.6) is 0 Å². The van der Waals surface area contributed by atoms with E-state index in [1.165, 1.54) is 24.9 Å². The molecular weight excluding hydrogens is 368 g/mol. The molecule has 0 atom stereocenters. The Morgan fingerprint density at radius 3 is 2.31 bits per heavy atom. The zero-order valence-electron chi connectivity index (χ0n) is 16.6. The molecule has 2 aromatic rings. The number of aryl methyl sites for hydroxylation is 1. The molecule has 3 amide bonds. The third-order valence-corrected chi connectivity index (χ3v) is 5.03. The summed E-state index contributed by atoms with van der Waals surface area (Å²) in [5.74, 6) is -0.384. The van der Waals surface area contributed by atoms with E-state index in [2.05, 4.69) is 22.4 Å².